The fraction of sp³-hybridized carbons (Fsp3) is 0.750. The second kappa shape index (κ2) is 4.01. The third kappa shape index (κ3) is 1.39. The third-order valence-corrected chi connectivity index (χ3v) is 2.61. The van der Waals surface area contributed by atoms with Crippen LogP contribution in [0.3, 0.4) is 0 Å². The van der Waals surface area contributed by atoms with Crippen molar-refractivity contribution >= 4 is 23.1 Å². The molecule has 0 bridgehead atoms. The third-order valence-electron chi connectivity index (χ3n) is 1.58. The van der Waals surface area contributed by atoms with Crippen LogP contribution in [0, 0.1) is 5.16 Å². The summed E-state index contributed by atoms with van der Waals surface area (Å²) >= 11 is 0. The summed E-state index contributed by atoms with van der Waals surface area (Å²) in [5, 5.41) is 15.6. The molecule has 0 aromatic heterocycles. The molecule has 1 fully saturated rings. The number of rotatable bonds is 4. The molecule has 0 spiro atoms. The highest BCUT2D eigenvalue weighted by Gasteiger charge is 2.48. The number of hydrogen-bond acceptors (Lipinski definition) is 5. The minimum atomic E-state index is -0.855. The van der Waals surface area contributed by atoms with Crippen LogP contribution in [0.2, 0.25) is 0 Å². The van der Waals surface area contributed by atoms with E-state index in [1.165, 1.54) is 0 Å². The molecule has 1 aliphatic rings. The molecule has 2 atom stereocenters. The minimum absolute atomic E-state index is 0.0178. The van der Waals surface area contributed by atoms with Gasteiger partial charge in [-0.05, 0) is 0 Å². The standard InChI is InChI=1S/C4H6N2O4P2/c5-11-6-2(1-7)3(4(6)8)10-12-9/h2-3,5,7H,1H2/t2?,3-/m1/s1. The topological polar surface area (TPSA) is 90.7 Å². The van der Waals surface area contributed by atoms with Crippen LogP contribution in [0.1, 0.15) is 0 Å². The number of β-lactam (4-membered cyclic amide) rings is 1. The van der Waals surface area contributed by atoms with E-state index in [1.807, 2.05) is 0 Å². The Morgan fingerprint density at radius 2 is 2.42 bits per heavy atom. The van der Waals surface area contributed by atoms with E-state index >= 15 is 0 Å². The SMILES string of the molecule is N=PN1C(=O)[C@H](OP=O)C1CO. The number of carbonyl (C=O) groups is 1. The quantitative estimate of drug-likeness (QED) is 0.516. The fourth-order valence-corrected chi connectivity index (χ4v) is 1.84. The molecule has 1 aliphatic heterocycles. The van der Waals surface area contributed by atoms with Crippen LogP contribution >= 0.6 is 17.2 Å². The number of hydrogen-bond donors (Lipinski definition) is 2. The molecule has 12 heavy (non-hydrogen) atoms. The van der Waals surface area contributed by atoms with Crippen molar-refractivity contribution in [3.8, 4) is 0 Å². The van der Waals surface area contributed by atoms with Gasteiger partial charge in [-0.1, -0.05) is 0 Å². The van der Waals surface area contributed by atoms with E-state index in [9.17, 15) is 9.36 Å². The van der Waals surface area contributed by atoms with Gasteiger partial charge in [0, 0.05) is 0 Å². The zero-order chi connectivity index (χ0) is 9.14. The Morgan fingerprint density at radius 1 is 1.75 bits per heavy atom. The highest BCUT2D eigenvalue weighted by Crippen LogP contribution is 2.31. The zero-order valence-electron chi connectivity index (χ0n) is 5.88. The molecule has 0 aliphatic carbocycles. The van der Waals surface area contributed by atoms with Crippen molar-refractivity contribution in [2.24, 2.45) is 0 Å². The molecule has 1 saturated heterocycles. The average Bonchev–Trinajstić information content (AvgIpc) is 2.09. The molecule has 0 radical (unpaired) electrons. The first-order chi connectivity index (χ1) is 5.76. The molecule has 6 nitrogen and oxygen atoms in total. The zero-order valence-corrected chi connectivity index (χ0v) is 7.66. The first-order valence-corrected chi connectivity index (χ1v) is 4.63. The van der Waals surface area contributed by atoms with Crippen molar-refractivity contribution in [3.05, 3.63) is 0 Å². The van der Waals surface area contributed by atoms with Crippen LogP contribution in [0.4, 0.5) is 0 Å². The molecule has 1 unspecified atom stereocenters. The van der Waals surface area contributed by atoms with Crippen LogP contribution in [0.25, 0.3) is 0 Å². The number of nitrogens with zero attached hydrogens (tertiary/aromatic N) is 1. The lowest BCUT2D eigenvalue weighted by Crippen LogP contribution is -2.62. The molecular formula is C4H6N2O4P2. The second-order valence-corrected chi connectivity index (χ2v) is 3.12. The summed E-state index contributed by atoms with van der Waals surface area (Å²) in [4.78, 5) is 11.0. The normalized spacial score (nSPS) is 29.4. The molecule has 0 aromatic rings. The molecule has 2 N–H and O–H groups in total. The number of nitrogens with one attached hydrogen (secondary N) is 1. The van der Waals surface area contributed by atoms with E-state index in [1.54, 1.807) is 0 Å². The van der Waals surface area contributed by atoms with Crippen molar-refractivity contribution in [2.45, 2.75) is 12.1 Å². The van der Waals surface area contributed by atoms with Gasteiger partial charge in [0.1, 0.15) is 14.6 Å². The van der Waals surface area contributed by atoms with Crippen LogP contribution in [-0.4, -0.2) is 34.4 Å². The maximum absolute atomic E-state index is 11.0. The largest absolute Gasteiger partial charge is 0.394 e. The van der Waals surface area contributed by atoms with Gasteiger partial charge < -0.3 is 5.11 Å². The molecule has 1 rings (SSSR count). The van der Waals surface area contributed by atoms with Crippen LogP contribution < -0.4 is 0 Å². The first-order valence-electron chi connectivity index (χ1n) is 3.06. The van der Waals surface area contributed by atoms with E-state index in [-0.39, 0.29) is 15.1 Å². The molecule has 0 saturated carbocycles. The Kier molecular flexibility index (Phi) is 3.23. The maximum atomic E-state index is 11.0. The molecule has 1 heterocycles. The summed E-state index contributed by atoms with van der Waals surface area (Å²) in [6.45, 7) is -0.280. The van der Waals surface area contributed by atoms with Crippen molar-refractivity contribution in [1.82, 2.24) is 4.67 Å². The van der Waals surface area contributed by atoms with E-state index in [4.69, 9.17) is 10.3 Å². The summed E-state index contributed by atoms with van der Waals surface area (Å²) in [6, 6.07) is -0.530. The van der Waals surface area contributed by atoms with Gasteiger partial charge in [0.05, 0.1) is 6.61 Å². The molecule has 8 heteroatoms. The summed E-state index contributed by atoms with van der Waals surface area (Å²) in [6.07, 6.45) is -0.855. The summed E-state index contributed by atoms with van der Waals surface area (Å²) in [5.41, 5.74) is 0. The van der Waals surface area contributed by atoms with E-state index in [0.29, 0.717) is 0 Å². The fourth-order valence-electron chi connectivity index (χ4n) is 0.963. The van der Waals surface area contributed by atoms with Gasteiger partial charge in [0.25, 0.3) is 5.91 Å². The predicted octanol–water partition coefficient (Wildman–Crippen LogP) is 0.405. The first kappa shape index (κ1) is 9.68. The smallest absolute Gasteiger partial charge is 0.328 e. The van der Waals surface area contributed by atoms with E-state index < -0.39 is 26.7 Å². The average molecular weight is 208 g/mol. The van der Waals surface area contributed by atoms with Crippen LogP contribution in [-0.2, 0) is 13.9 Å². The highest BCUT2D eigenvalue weighted by molar-refractivity contribution is 7.23. The Bertz CT molecular complexity index is 223. The number of carbonyl (C=O) groups excluding carboxylic acids is 1. The van der Waals surface area contributed by atoms with Gasteiger partial charge in [0.2, 0.25) is 0 Å². The number of aliphatic hydroxyl groups excluding tert-OH is 1. The molecule has 0 aromatic carbocycles. The van der Waals surface area contributed by atoms with E-state index in [2.05, 4.69) is 4.52 Å². The molecule has 1 amide bonds. The minimum Gasteiger partial charge on any atom is -0.394 e. The summed E-state index contributed by atoms with van der Waals surface area (Å²) in [7, 11) is -0.564. The Morgan fingerprint density at radius 3 is 2.83 bits per heavy atom. The lowest BCUT2D eigenvalue weighted by molar-refractivity contribution is -0.153. The molecular weight excluding hydrogens is 202 g/mol. The summed E-state index contributed by atoms with van der Waals surface area (Å²) in [5.74, 6) is -0.408. The second-order valence-electron chi connectivity index (χ2n) is 2.13. The predicted molar refractivity (Wildman–Crippen MR) is 39.8 cm³/mol. The van der Waals surface area contributed by atoms with Crippen molar-refractivity contribution in [1.29, 1.82) is 5.16 Å². The Labute approximate surface area is 71.5 Å². The van der Waals surface area contributed by atoms with Gasteiger partial charge in [-0.3, -0.25) is 19.2 Å². The van der Waals surface area contributed by atoms with Gasteiger partial charge in [-0.15, -0.1) is 0 Å². The number of aliphatic hydroxyl groups is 1. The Balaban J connectivity index is 2.61. The number of amides is 1. The van der Waals surface area contributed by atoms with Crippen molar-refractivity contribution < 1.29 is 19.0 Å². The van der Waals surface area contributed by atoms with Crippen LogP contribution in [0.15, 0.2) is 0 Å². The van der Waals surface area contributed by atoms with Gasteiger partial charge in [0.15, 0.2) is 6.10 Å². The van der Waals surface area contributed by atoms with Gasteiger partial charge in [-0.2, -0.15) is 0 Å². The lowest BCUT2D eigenvalue weighted by atomic mass is 10.0. The Hall–Kier alpha value is -0.410. The monoisotopic (exact) mass is 208 g/mol. The molecule has 66 valence electrons. The highest BCUT2D eigenvalue weighted by atomic mass is 31.1. The lowest BCUT2D eigenvalue weighted by Gasteiger charge is -2.40. The van der Waals surface area contributed by atoms with Crippen molar-refractivity contribution in [2.75, 3.05) is 6.61 Å². The van der Waals surface area contributed by atoms with E-state index in [0.717, 1.165) is 4.67 Å². The van der Waals surface area contributed by atoms with Crippen molar-refractivity contribution in [3.63, 3.8) is 0 Å². The van der Waals surface area contributed by atoms with Crippen LogP contribution in [0.5, 0.6) is 0 Å². The van der Waals surface area contributed by atoms with Gasteiger partial charge in [-0.25, -0.2) is 4.57 Å². The summed E-state index contributed by atoms with van der Waals surface area (Å²) < 4.78 is 15.6. The maximum Gasteiger partial charge on any atom is 0.328 e. The van der Waals surface area contributed by atoms with Gasteiger partial charge >= 0.3 is 8.69 Å².